The van der Waals surface area contributed by atoms with Crippen molar-refractivity contribution in [2.75, 3.05) is 25.0 Å². The monoisotopic (exact) mass is 321 g/mol. The molecule has 23 heavy (non-hydrogen) atoms. The average molecular weight is 321 g/mol. The molecule has 126 valence electrons. The summed E-state index contributed by atoms with van der Waals surface area (Å²) in [7, 11) is 0. The number of aliphatic carboxylic acids is 1. The molecule has 1 aromatic carbocycles. The Labute approximate surface area is 135 Å². The van der Waals surface area contributed by atoms with Crippen molar-refractivity contribution in [3.05, 3.63) is 29.8 Å². The number of nitrogens with one attached hydrogen (secondary N) is 2. The van der Waals surface area contributed by atoms with E-state index in [2.05, 4.69) is 10.6 Å². The number of hydrogen-bond donors (Lipinski definition) is 3. The number of hydrogen-bond acceptors (Lipinski definition) is 3. The zero-order valence-electron chi connectivity index (χ0n) is 13.5. The minimum atomic E-state index is -0.888. The summed E-state index contributed by atoms with van der Waals surface area (Å²) in [5, 5.41) is 13.7. The first-order valence-electron chi connectivity index (χ1n) is 7.63. The molecule has 0 saturated carbocycles. The van der Waals surface area contributed by atoms with Gasteiger partial charge in [-0.05, 0) is 44.5 Å². The van der Waals surface area contributed by atoms with Crippen LogP contribution in [0.5, 0.6) is 0 Å². The van der Waals surface area contributed by atoms with Gasteiger partial charge in [0.1, 0.15) is 0 Å². The standard InChI is InChI=1S/C16H23N3O4/c1-3-19(4-2)15(22)12-7-9-13(10-8-12)18-16(23)17-11-5-6-14(20)21/h7-10H,3-6,11H2,1-2H3,(H,20,21)(H2,17,18,23). The zero-order valence-corrected chi connectivity index (χ0v) is 13.5. The molecule has 1 rings (SSSR count). The molecule has 0 heterocycles. The maximum Gasteiger partial charge on any atom is 0.319 e. The van der Waals surface area contributed by atoms with E-state index in [4.69, 9.17) is 5.11 Å². The summed E-state index contributed by atoms with van der Waals surface area (Å²) >= 11 is 0. The van der Waals surface area contributed by atoms with Crippen LogP contribution in [0.4, 0.5) is 10.5 Å². The van der Waals surface area contributed by atoms with Crippen molar-refractivity contribution in [1.82, 2.24) is 10.2 Å². The van der Waals surface area contributed by atoms with E-state index in [1.165, 1.54) is 0 Å². The number of rotatable bonds is 8. The Balaban J connectivity index is 2.49. The molecule has 7 nitrogen and oxygen atoms in total. The normalized spacial score (nSPS) is 10.0. The van der Waals surface area contributed by atoms with Crippen LogP contribution in [-0.4, -0.2) is 47.5 Å². The van der Waals surface area contributed by atoms with Gasteiger partial charge in [0.25, 0.3) is 5.91 Å². The van der Waals surface area contributed by atoms with Crippen LogP contribution in [0.2, 0.25) is 0 Å². The largest absolute Gasteiger partial charge is 0.481 e. The molecule has 7 heteroatoms. The number of anilines is 1. The lowest BCUT2D eigenvalue weighted by Crippen LogP contribution is -2.31. The van der Waals surface area contributed by atoms with Crippen LogP contribution in [0, 0.1) is 0 Å². The van der Waals surface area contributed by atoms with Gasteiger partial charge < -0.3 is 20.6 Å². The number of carboxylic acids is 1. The first kappa shape index (κ1) is 18.5. The van der Waals surface area contributed by atoms with Crippen LogP contribution in [0.3, 0.4) is 0 Å². The third kappa shape index (κ3) is 6.37. The molecule has 3 N–H and O–H groups in total. The molecule has 0 spiro atoms. The van der Waals surface area contributed by atoms with Crippen molar-refractivity contribution in [3.8, 4) is 0 Å². The van der Waals surface area contributed by atoms with E-state index in [0.717, 1.165) is 0 Å². The van der Waals surface area contributed by atoms with Crippen molar-refractivity contribution in [2.45, 2.75) is 26.7 Å². The lowest BCUT2D eigenvalue weighted by molar-refractivity contribution is -0.137. The highest BCUT2D eigenvalue weighted by Crippen LogP contribution is 2.11. The predicted molar refractivity (Wildman–Crippen MR) is 87.6 cm³/mol. The number of nitrogens with zero attached hydrogens (tertiary/aromatic N) is 1. The Morgan fingerprint density at radius 2 is 1.70 bits per heavy atom. The second-order valence-electron chi connectivity index (χ2n) is 4.93. The van der Waals surface area contributed by atoms with Gasteiger partial charge in [-0.3, -0.25) is 9.59 Å². The number of carbonyl (C=O) groups is 3. The van der Waals surface area contributed by atoms with Crippen LogP contribution in [-0.2, 0) is 4.79 Å². The van der Waals surface area contributed by atoms with E-state index in [9.17, 15) is 14.4 Å². The topological polar surface area (TPSA) is 98.7 Å². The minimum Gasteiger partial charge on any atom is -0.481 e. The van der Waals surface area contributed by atoms with E-state index < -0.39 is 12.0 Å². The Bertz CT molecular complexity index is 539. The van der Waals surface area contributed by atoms with Crippen LogP contribution >= 0.6 is 0 Å². The molecular formula is C16H23N3O4. The maximum absolute atomic E-state index is 12.1. The van der Waals surface area contributed by atoms with E-state index in [1.54, 1.807) is 29.2 Å². The lowest BCUT2D eigenvalue weighted by atomic mass is 10.2. The van der Waals surface area contributed by atoms with Gasteiger partial charge in [-0.1, -0.05) is 0 Å². The Hall–Kier alpha value is -2.57. The summed E-state index contributed by atoms with van der Waals surface area (Å²) in [4.78, 5) is 35.9. The molecule has 0 fully saturated rings. The molecule has 0 aliphatic carbocycles. The molecule has 0 radical (unpaired) electrons. The first-order valence-corrected chi connectivity index (χ1v) is 7.63. The van der Waals surface area contributed by atoms with Gasteiger partial charge in [0, 0.05) is 37.3 Å². The predicted octanol–water partition coefficient (Wildman–Crippen LogP) is 2.15. The third-order valence-corrected chi connectivity index (χ3v) is 3.29. The summed E-state index contributed by atoms with van der Waals surface area (Å²) in [5.41, 5.74) is 1.14. The van der Waals surface area contributed by atoms with Gasteiger partial charge in [-0.15, -0.1) is 0 Å². The number of benzene rings is 1. The van der Waals surface area contributed by atoms with Crippen molar-refractivity contribution < 1.29 is 19.5 Å². The van der Waals surface area contributed by atoms with Crippen molar-refractivity contribution in [1.29, 1.82) is 0 Å². The molecule has 3 amide bonds. The van der Waals surface area contributed by atoms with E-state index >= 15 is 0 Å². The van der Waals surface area contributed by atoms with E-state index in [0.29, 0.717) is 30.8 Å². The maximum atomic E-state index is 12.1. The summed E-state index contributed by atoms with van der Waals surface area (Å²) < 4.78 is 0. The molecule has 0 aliphatic rings. The second-order valence-corrected chi connectivity index (χ2v) is 4.93. The molecule has 0 aliphatic heterocycles. The van der Waals surface area contributed by atoms with Crippen molar-refractivity contribution >= 4 is 23.6 Å². The molecule has 0 atom stereocenters. The number of amides is 3. The van der Waals surface area contributed by atoms with Gasteiger partial charge in [-0.2, -0.15) is 0 Å². The number of carboxylic acid groups (broad SMARTS) is 1. The fourth-order valence-corrected chi connectivity index (χ4v) is 2.01. The van der Waals surface area contributed by atoms with Gasteiger partial charge >= 0.3 is 12.0 Å². The average Bonchev–Trinajstić information content (AvgIpc) is 2.53. The molecule has 0 unspecified atom stereocenters. The third-order valence-electron chi connectivity index (χ3n) is 3.29. The van der Waals surface area contributed by atoms with Gasteiger partial charge in [0.15, 0.2) is 0 Å². The highest BCUT2D eigenvalue weighted by molar-refractivity contribution is 5.95. The highest BCUT2D eigenvalue weighted by Gasteiger charge is 2.12. The Morgan fingerprint density at radius 1 is 1.09 bits per heavy atom. The van der Waals surface area contributed by atoms with Crippen LogP contribution in [0.1, 0.15) is 37.0 Å². The minimum absolute atomic E-state index is 0.0163. The molecule has 0 saturated heterocycles. The lowest BCUT2D eigenvalue weighted by Gasteiger charge is -2.18. The second kappa shape index (κ2) is 9.45. The first-order chi connectivity index (χ1) is 11.0. The SMILES string of the molecule is CCN(CC)C(=O)c1ccc(NC(=O)NCCCC(=O)O)cc1. The summed E-state index contributed by atoms with van der Waals surface area (Å²) in [5.74, 6) is -0.930. The van der Waals surface area contributed by atoms with Crippen LogP contribution in [0.25, 0.3) is 0 Å². The number of carbonyl (C=O) groups excluding carboxylic acids is 2. The zero-order chi connectivity index (χ0) is 17.2. The van der Waals surface area contributed by atoms with E-state index in [1.807, 2.05) is 13.8 Å². The molecule has 0 aromatic heterocycles. The van der Waals surface area contributed by atoms with E-state index in [-0.39, 0.29) is 18.9 Å². The van der Waals surface area contributed by atoms with Crippen molar-refractivity contribution in [3.63, 3.8) is 0 Å². The van der Waals surface area contributed by atoms with Gasteiger partial charge in [0.05, 0.1) is 0 Å². The van der Waals surface area contributed by atoms with Crippen molar-refractivity contribution in [2.24, 2.45) is 0 Å². The molecule has 1 aromatic rings. The molecular weight excluding hydrogens is 298 g/mol. The fourth-order valence-electron chi connectivity index (χ4n) is 2.01. The summed E-state index contributed by atoms with van der Waals surface area (Å²) in [6, 6.07) is 6.25. The number of urea groups is 1. The van der Waals surface area contributed by atoms with Crippen LogP contribution in [0.15, 0.2) is 24.3 Å². The summed E-state index contributed by atoms with van der Waals surface area (Å²) in [6.45, 7) is 5.43. The smallest absolute Gasteiger partial charge is 0.319 e. The van der Waals surface area contributed by atoms with Gasteiger partial charge in [-0.25, -0.2) is 4.79 Å². The fraction of sp³-hybridized carbons (Fsp3) is 0.438. The highest BCUT2D eigenvalue weighted by atomic mass is 16.4. The Kier molecular flexibility index (Phi) is 7.59. The van der Waals surface area contributed by atoms with Gasteiger partial charge in [0.2, 0.25) is 0 Å². The Morgan fingerprint density at radius 3 is 2.22 bits per heavy atom. The van der Waals surface area contributed by atoms with Crippen LogP contribution < -0.4 is 10.6 Å². The quantitative estimate of drug-likeness (QED) is 0.639. The molecule has 0 bridgehead atoms. The summed E-state index contributed by atoms with van der Waals surface area (Å²) in [6.07, 6.45) is 0.391.